The monoisotopic (exact) mass is 329 g/mol. The van der Waals surface area contributed by atoms with Crippen molar-refractivity contribution in [2.75, 3.05) is 32.7 Å². The van der Waals surface area contributed by atoms with Crippen LogP contribution in [0, 0.1) is 17.2 Å². The molecule has 1 aliphatic heterocycles. The maximum absolute atomic E-state index is 12.2. The number of nitriles is 1. The van der Waals surface area contributed by atoms with Crippen molar-refractivity contribution in [2.45, 2.75) is 32.9 Å². The van der Waals surface area contributed by atoms with Crippen LogP contribution in [0.15, 0.2) is 24.4 Å². The number of amides is 1. The first kappa shape index (κ1) is 18.4. The summed E-state index contributed by atoms with van der Waals surface area (Å²) in [6.07, 6.45) is 1.82. The van der Waals surface area contributed by atoms with Gasteiger partial charge in [0.15, 0.2) is 0 Å². The molecular weight excluding hydrogens is 302 g/mol. The van der Waals surface area contributed by atoms with Crippen LogP contribution in [-0.4, -0.2) is 59.0 Å². The second-order valence-electron chi connectivity index (χ2n) is 6.89. The summed E-state index contributed by atoms with van der Waals surface area (Å²) >= 11 is 0. The van der Waals surface area contributed by atoms with Crippen LogP contribution < -0.4 is 5.32 Å². The number of carbonyl (C=O) groups is 1. The maximum Gasteiger partial charge on any atom is 0.235 e. The van der Waals surface area contributed by atoms with Gasteiger partial charge in [-0.1, -0.05) is 19.9 Å². The molecule has 2 rings (SSSR count). The van der Waals surface area contributed by atoms with Gasteiger partial charge in [-0.05, 0) is 25.0 Å². The van der Waals surface area contributed by atoms with Crippen LogP contribution in [0.5, 0.6) is 0 Å². The molecule has 0 aliphatic carbocycles. The van der Waals surface area contributed by atoms with Crippen molar-refractivity contribution < 1.29 is 4.79 Å². The topological polar surface area (TPSA) is 72.3 Å². The first-order valence-electron chi connectivity index (χ1n) is 8.50. The van der Waals surface area contributed by atoms with Gasteiger partial charge in [-0.25, -0.2) is 0 Å². The molecule has 6 nitrogen and oxygen atoms in total. The first-order chi connectivity index (χ1) is 11.4. The normalized spacial score (nSPS) is 18.8. The number of nitrogens with one attached hydrogen (secondary N) is 1. The van der Waals surface area contributed by atoms with Gasteiger partial charge in [0.1, 0.15) is 5.54 Å². The van der Waals surface area contributed by atoms with E-state index in [1.165, 1.54) is 0 Å². The summed E-state index contributed by atoms with van der Waals surface area (Å²) in [4.78, 5) is 21.1. The fourth-order valence-electron chi connectivity index (χ4n) is 2.66. The van der Waals surface area contributed by atoms with Gasteiger partial charge in [0.25, 0.3) is 0 Å². The van der Waals surface area contributed by atoms with Gasteiger partial charge >= 0.3 is 0 Å². The predicted molar refractivity (Wildman–Crippen MR) is 93.0 cm³/mol. The quantitative estimate of drug-likeness (QED) is 0.850. The molecule has 6 heteroatoms. The standard InChI is InChI=1S/C18H27N5O/c1-15(2)18(3,14-19)21-17(24)13-23-10-8-22(9-11-23)12-16-6-4-5-7-20-16/h4-7,15H,8-13H2,1-3H3,(H,21,24). The summed E-state index contributed by atoms with van der Waals surface area (Å²) in [6, 6.07) is 8.18. The van der Waals surface area contributed by atoms with Crippen molar-refractivity contribution in [3.05, 3.63) is 30.1 Å². The minimum absolute atomic E-state index is 0.0710. The third-order valence-electron chi connectivity index (χ3n) is 4.73. The molecule has 1 amide bonds. The van der Waals surface area contributed by atoms with E-state index in [4.69, 9.17) is 0 Å². The highest BCUT2D eigenvalue weighted by molar-refractivity contribution is 5.79. The molecule has 1 N–H and O–H groups in total. The Morgan fingerprint density at radius 3 is 2.54 bits per heavy atom. The van der Waals surface area contributed by atoms with Crippen LogP contribution in [0.4, 0.5) is 0 Å². The molecule has 1 aromatic heterocycles. The Morgan fingerprint density at radius 2 is 2.00 bits per heavy atom. The lowest BCUT2D eigenvalue weighted by Gasteiger charge is -2.35. The Labute approximate surface area is 144 Å². The first-order valence-corrected chi connectivity index (χ1v) is 8.50. The highest BCUT2D eigenvalue weighted by atomic mass is 16.2. The van der Waals surface area contributed by atoms with E-state index in [1.807, 2.05) is 38.2 Å². The molecule has 0 aromatic carbocycles. The summed E-state index contributed by atoms with van der Waals surface area (Å²) in [5, 5.41) is 12.2. The van der Waals surface area contributed by atoms with Crippen LogP contribution >= 0.6 is 0 Å². The molecule has 0 spiro atoms. The smallest absolute Gasteiger partial charge is 0.235 e. The number of nitrogens with zero attached hydrogens (tertiary/aromatic N) is 4. The van der Waals surface area contributed by atoms with Gasteiger partial charge in [-0.15, -0.1) is 0 Å². The number of hydrogen-bond donors (Lipinski definition) is 1. The minimum Gasteiger partial charge on any atom is -0.337 e. The number of hydrogen-bond acceptors (Lipinski definition) is 5. The average Bonchev–Trinajstić information content (AvgIpc) is 2.57. The van der Waals surface area contributed by atoms with Crippen LogP contribution in [0.1, 0.15) is 26.5 Å². The largest absolute Gasteiger partial charge is 0.337 e. The second-order valence-corrected chi connectivity index (χ2v) is 6.89. The van der Waals surface area contributed by atoms with Gasteiger partial charge in [-0.3, -0.25) is 19.6 Å². The highest BCUT2D eigenvalue weighted by Gasteiger charge is 2.30. The number of carbonyl (C=O) groups excluding carboxylic acids is 1. The van der Waals surface area contributed by atoms with Gasteiger partial charge in [0.2, 0.25) is 5.91 Å². The zero-order valence-corrected chi connectivity index (χ0v) is 14.8. The summed E-state index contributed by atoms with van der Waals surface area (Å²) in [7, 11) is 0. The molecule has 1 saturated heterocycles. The van der Waals surface area contributed by atoms with E-state index in [2.05, 4.69) is 26.2 Å². The average molecular weight is 329 g/mol. The zero-order chi connectivity index (χ0) is 17.6. The van der Waals surface area contributed by atoms with E-state index >= 15 is 0 Å². The Hall–Kier alpha value is -1.97. The van der Waals surface area contributed by atoms with Crippen LogP contribution in [0.3, 0.4) is 0 Å². The lowest BCUT2D eigenvalue weighted by molar-refractivity contribution is -0.124. The molecule has 0 radical (unpaired) electrons. The van der Waals surface area contributed by atoms with E-state index in [9.17, 15) is 10.1 Å². The van der Waals surface area contributed by atoms with Crippen molar-refractivity contribution >= 4 is 5.91 Å². The fraction of sp³-hybridized carbons (Fsp3) is 0.611. The molecule has 1 aliphatic rings. The van der Waals surface area contributed by atoms with Crippen LogP contribution in [0.2, 0.25) is 0 Å². The molecule has 0 saturated carbocycles. The molecule has 1 aromatic rings. The lowest BCUT2D eigenvalue weighted by atomic mass is 9.90. The third-order valence-corrected chi connectivity index (χ3v) is 4.73. The molecule has 2 heterocycles. The van der Waals surface area contributed by atoms with Crippen molar-refractivity contribution in [3.8, 4) is 6.07 Å². The van der Waals surface area contributed by atoms with Crippen molar-refractivity contribution in [3.63, 3.8) is 0 Å². The van der Waals surface area contributed by atoms with Gasteiger partial charge in [-0.2, -0.15) is 5.26 Å². The molecule has 0 bridgehead atoms. The SMILES string of the molecule is CC(C)C(C)(C#N)NC(=O)CN1CCN(Cc2ccccn2)CC1. The fourth-order valence-corrected chi connectivity index (χ4v) is 2.66. The van der Waals surface area contributed by atoms with Crippen molar-refractivity contribution in [1.82, 2.24) is 20.1 Å². The number of piperazine rings is 1. The summed E-state index contributed by atoms with van der Waals surface area (Å²) in [5.41, 5.74) is 0.267. The van der Waals surface area contributed by atoms with Gasteiger partial charge in [0.05, 0.1) is 18.3 Å². The van der Waals surface area contributed by atoms with Gasteiger partial charge < -0.3 is 5.32 Å². The predicted octanol–water partition coefficient (Wildman–Crippen LogP) is 1.25. The molecule has 24 heavy (non-hydrogen) atoms. The van der Waals surface area contributed by atoms with E-state index in [-0.39, 0.29) is 11.8 Å². The van der Waals surface area contributed by atoms with Crippen LogP contribution in [-0.2, 0) is 11.3 Å². The van der Waals surface area contributed by atoms with E-state index in [1.54, 1.807) is 6.92 Å². The van der Waals surface area contributed by atoms with Crippen LogP contribution in [0.25, 0.3) is 0 Å². The van der Waals surface area contributed by atoms with E-state index in [0.29, 0.717) is 6.54 Å². The lowest BCUT2D eigenvalue weighted by Crippen LogP contribution is -2.54. The van der Waals surface area contributed by atoms with Crippen molar-refractivity contribution in [2.24, 2.45) is 5.92 Å². The van der Waals surface area contributed by atoms with Gasteiger partial charge in [0, 0.05) is 38.9 Å². The highest BCUT2D eigenvalue weighted by Crippen LogP contribution is 2.15. The zero-order valence-electron chi connectivity index (χ0n) is 14.8. The second kappa shape index (κ2) is 8.22. The summed E-state index contributed by atoms with van der Waals surface area (Å²) < 4.78 is 0. The number of pyridine rings is 1. The Morgan fingerprint density at radius 1 is 1.33 bits per heavy atom. The number of rotatable bonds is 6. The third kappa shape index (κ3) is 5.02. The van der Waals surface area contributed by atoms with Crippen molar-refractivity contribution in [1.29, 1.82) is 5.26 Å². The van der Waals surface area contributed by atoms with E-state index in [0.717, 1.165) is 38.4 Å². The Kier molecular flexibility index (Phi) is 6.29. The van der Waals surface area contributed by atoms with E-state index < -0.39 is 5.54 Å². The molecular formula is C18H27N5O. The summed E-state index contributed by atoms with van der Waals surface area (Å²) in [5.74, 6) is -0.00686. The molecule has 1 fully saturated rings. The molecule has 1 unspecified atom stereocenters. The summed E-state index contributed by atoms with van der Waals surface area (Å²) in [6.45, 7) is 10.4. The molecule has 130 valence electrons. The Bertz CT molecular complexity index is 575. The number of aromatic nitrogens is 1. The Balaban J connectivity index is 1.77. The molecule has 1 atom stereocenters. The maximum atomic E-state index is 12.2. The minimum atomic E-state index is -0.808.